The first-order valence-electron chi connectivity index (χ1n) is 6.76. The fourth-order valence-corrected chi connectivity index (χ4v) is 1.41. The van der Waals surface area contributed by atoms with Crippen LogP contribution < -0.4 is 0 Å². The van der Waals surface area contributed by atoms with E-state index in [4.69, 9.17) is 0 Å². The first-order chi connectivity index (χ1) is 7.59. The molecule has 2 heteroatoms. The Labute approximate surface area is 103 Å². The number of hydrogen-bond acceptors (Lipinski definition) is 2. The molecule has 0 spiro atoms. The van der Waals surface area contributed by atoms with Gasteiger partial charge in [-0.25, -0.2) is 0 Å². The Morgan fingerprint density at radius 1 is 1.06 bits per heavy atom. The van der Waals surface area contributed by atoms with Crippen LogP contribution in [0.1, 0.15) is 67.2 Å². The third kappa shape index (κ3) is 13.6. The van der Waals surface area contributed by atoms with Gasteiger partial charge in [0.25, 0.3) is 0 Å². The molecule has 16 heavy (non-hydrogen) atoms. The van der Waals surface area contributed by atoms with Crippen molar-refractivity contribution >= 4 is 5.78 Å². The van der Waals surface area contributed by atoms with Crippen molar-refractivity contribution in [2.75, 3.05) is 14.1 Å². The highest BCUT2D eigenvalue weighted by molar-refractivity contribution is 5.81. The van der Waals surface area contributed by atoms with Gasteiger partial charge in [-0.1, -0.05) is 53.9 Å². The third-order valence-corrected chi connectivity index (χ3v) is 2.17. The van der Waals surface area contributed by atoms with Crippen LogP contribution in [-0.4, -0.2) is 30.8 Å². The van der Waals surface area contributed by atoms with Gasteiger partial charge >= 0.3 is 0 Å². The molecule has 0 rings (SSSR count). The van der Waals surface area contributed by atoms with E-state index < -0.39 is 0 Å². The molecule has 1 atom stereocenters. The van der Waals surface area contributed by atoms with Gasteiger partial charge in [0.2, 0.25) is 0 Å². The molecular formula is C14H33NO. The number of nitrogens with zero attached hydrogens (tertiary/aromatic N) is 1. The van der Waals surface area contributed by atoms with Gasteiger partial charge in [0.05, 0.1) is 6.04 Å². The monoisotopic (exact) mass is 231 g/mol. The summed E-state index contributed by atoms with van der Waals surface area (Å²) >= 11 is 0. The number of rotatable bonds is 6. The van der Waals surface area contributed by atoms with Crippen molar-refractivity contribution < 1.29 is 4.79 Å². The number of likely N-dealkylation sites (N-methyl/N-ethyl adjacent to an activating group) is 1. The van der Waals surface area contributed by atoms with Crippen molar-refractivity contribution in [3.05, 3.63) is 0 Å². The van der Waals surface area contributed by atoms with Crippen LogP contribution in [0.2, 0.25) is 0 Å². The molecule has 0 saturated carbocycles. The highest BCUT2D eigenvalue weighted by atomic mass is 16.1. The first kappa shape index (κ1) is 21.0. The molecule has 0 amide bonds. The second-order valence-electron chi connectivity index (χ2n) is 3.59. The van der Waals surface area contributed by atoms with E-state index in [1.807, 2.05) is 46.7 Å². The van der Waals surface area contributed by atoms with Crippen LogP contribution >= 0.6 is 0 Å². The van der Waals surface area contributed by atoms with Crippen molar-refractivity contribution in [1.82, 2.24) is 4.90 Å². The fourth-order valence-electron chi connectivity index (χ4n) is 1.41. The molecule has 0 aromatic carbocycles. The molecule has 0 fully saturated rings. The van der Waals surface area contributed by atoms with Gasteiger partial charge in [-0.2, -0.15) is 0 Å². The Kier molecular flexibility index (Phi) is 22.3. The van der Waals surface area contributed by atoms with Gasteiger partial charge in [-0.3, -0.25) is 9.69 Å². The van der Waals surface area contributed by atoms with E-state index in [2.05, 4.69) is 6.92 Å². The fraction of sp³-hybridized carbons (Fsp3) is 0.929. The lowest BCUT2D eigenvalue weighted by Crippen LogP contribution is -2.34. The summed E-state index contributed by atoms with van der Waals surface area (Å²) < 4.78 is 0. The first-order valence-corrected chi connectivity index (χ1v) is 6.76. The number of carbonyl (C=O) groups excluding carboxylic acids is 1. The molecule has 0 bridgehead atoms. The van der Waals surface area contributed by atoms with Gasteiger partial charge in [-0.05, 0) is 27.4 Å². The maximum absolute atomic E-state index is 11.1. The molecule has 0 aromatic rings. The van der Waals surface area contributed by atoms with Crippen molar-refractivity contribution in [3.63, 3.8) is 0 Å². The van der Waals surface area contributed by atoms with Crippen LogP contribution in [0.25, 0.3) is 0 Å². The molecule has 0 aliphatic rings. The van der Waals surface area contributed by atoms with Crippen LogP contribution in [0.15, 0.2) is 0 Å². The topological polar surface area (TPSA) is 20.3 Å². The van der Waals surface area contributed by atoms with Gasteiger partial charge in [0.1, 0.15) is 5.78 Å². The lowest BCUT2D eigenvalue weighted by molar-refractivity contribution is -0.121. The summed E-state index contributed by atoms with van der Waals surface area (Å²) in [6, 6.07) is 0.136. The van der Waals surface area contributed by atoms with E-state index in [0.717, 1.165) is 6.42 Å². The van der Waals surface area contributed by atoms with E-state index in [9.17, 15) is 4.79 Å². The normalized spacial score (nSPS) is 10.8. The minimum absolute atomic E-state index is 0.136. The van der Waals surface area contributed by atoms with E-state index in [-0.39, 0.29) is 11.8 Å². The minimum Gasteiger partial charge on any atom is -0.300 e. The third-order valence-electron chi connectivity index (χ3n) is 2.17. The molecule has 0 heterocycles. The zero-order chi connectivity index (χ0) is 13.6. The Balaban J connectivity index is -0.000000376. The van der Waals surface area contributed by atoms with Crippen LogP contribution in [0.5, 0.6) is 0 Å². The summed E-state index contributed by atoms with van der Waals surface area (Å²) in [6.45, 7) is 11.9. The molecule has 0 aliphatic heterocycles. The van der Waals surface area contributed by atoms with Crippen LogP contribution in [0.4, 0.5) is 0 Å². The standard InChI is InChI=1S/C10H21NO.2C2H6/c1-5-6-7-8-10(9(2)12)11(3)4;2*1-2/h10H,5-8H2,1-4H3;2*1-2H3. The van der Waals surface area contributed by atoms with Crippen LogP contribution in [-0.2, 0) is 4.79 Å². The molecule has 100 valence electrons. The largest absolute Gasteiger partial charge is 0.300 e. The Hall–Kier alpha value is -0.370. The van der Waals surface area contributed by atoms with Crippen molar-refractivity contribution in [2.45, 2.75) is 73.3 Å². The number of unbranched alkanes of at least 4 members (excludes halogenated alkanes) is 2. The zero-order valence-electron chi connectivity index (χ0n) is 12.8. The summed E-state index contributed by atoms with van der Waals surface area (Å²) in [7, 11) is 3.94. The second-order valence-corrected chi connectivity index (χ2v) is 3.59. The van der Waals surface area contributed by atoms with E-state index in [0.29, 0.717) is 0 Å². The highest BCUT2D eigenvalue weighted by Gasteiger charge is 2.14. The number of hydrogen-bond donors (Lipinski definition) is 0. The number of Topliss-reactive ketones (excluding diaryl/α,β-unsaturated/α-hetero) is 1. The van der Waals surface area contributed by atoms with Crippen molar-refractivity contribution in [3.8, 4) is 0 Å². The lowest BCUT2D eigenvalue weighted by Gasteiger charge is -2.21. The zero-order valence-corrected chi connectivity index (χ0v) is 12.8. The molecule has 2 nitrogen and oxygen atoms in total. The van der Waals surface area contributed by atoms with Gasteiger partial charge in [0.15, 0.2) is 0 Å². The van der Waals surface area contributed by atoms with Crippen molar-refractivity contribution in [2.24, 2.45) is 0 Å². The lowest BCUT2D eigenvalue weighted by atomic mass is 10.0. The Morgan fingerprint density at radius 3 is 1.75 bits per heavy atom. The SMILES string of the molecule is CC.CC.CCCCCC(C(C)=O)N(C)C. The van der Waals surface area contributed by atoms with Gasteiger partial charge < -0.3 is 0 Å². The van der Waals surface area contributed by atoms with Crippen LogP contribution in [0, 0.1) is 0 Å². The Morgan fingerprint density at radius 2 is 1.50 bits per heavy atom. The molecule has 0 radical (unpaired) electrons. The summed E-state index contributed by atoms with van der Waals surface area (Å²) in [5, 5.41) is 0. The van der Waals surface area contributed by atoms with Gasteiger partial charge in [-0.15, -0.1) is 0 Å². The smallest absolute Gasteiger partial charge is 0.146 e. The molecule has 0 aromatic heterocycles. The molecule has 1 unspecified atom stereocenters. The predicted molar refractivity (Wildman–Crippen MR) is 75.0 cm³/mol. The Bertz CT molecular complexity index is 133. The number of ketones is 1. The summed E-state index contributed by atoms with van der Waals surface area (Å²) in [4.78, 5) is 13.1. The predicted octanol–water partition coefficient (Wildman–Crippen LogP) is 4.14. The second kappa shape index (κ2) is 17.0. The number of carbonyl (C=O) groups is 1. The molecule has 0 aliphatic carbocycles. The van der Waals surface area contributed by atoms with Crippen LogP contribution in [0.3, 0.4) is 0 Å². The van der Waals surface area contributed by atoms with E-state index in [1.54, 1.807) is 6.92 Å². The maximum Gasteiger partial charge on any atom is 0.146 e. The summed E-state index contributed by atoms with van der Waals surface area (Å²) in [5.41, 5.74) is 0. The van der Waals surface area contributed by atoms with Gasteiger partial charge in [0, 0.05) is 0 Å². The van der Waals surface area contributed by atoms with Crippen molar-refractivity contribution in [1.29, 1.82) is 0 Å². The van der Waals surface area contributed by atoms with E-state index >= 15 is 0 Å². The molecular weight excluding hydrogens is 198 g/mol. The van der Waals surface area contributed by atoms with E-state index in [1.165, 1.54) is 19.3 Å². The summed E-state index contributed by atoms with van der Waals surface area (Å²) in [6.07, 6.45) is 4.63. The molecule has 0 N–H and O–H groups in total. The minimum atomic E-state index is 0.136. The maximum atomic E-state index is 11.1. The average Bonchev–Trinajstić information content (AvgIpc) is 2.29. The molecule has 0 saturated heterocycles. The quantitative estimate of drug-likeness (QED) is 0.640. The summed E-state index contributed by atoms with van der Waals surface area (Å²) in [5.74, 6) is 0.288. The average molecular weight is 231 g/mol. The highest BCUT2D eigenvalue weighted by Crippen LogP contribution is 2.07.